The maximum atomic E-state index is 6.02. The first kappa shape index (κ1) is 13.8. The van der Waals surface area contributed by atoms with E-state index in [0.29, 0.717) is 29.2 Å². The minimum atomic E-state index is 0.363. The predicted octanol–water partition coefficient (Wildman–Crippen LogP) is 1.99. The van der Waals surface area contributed by atoms with Gasteiger partial charge in [-0.15, -0.1) is 0 Å². The van der Waals surface area contributed by atoms with E-state index in [1.165, 1.54) is 0 Å². The molecule has 0 atom stereocenters. The summed E-state index contributed by atoms with van der Waals surface area (Å²) in [6, 6.07) is 1.67. The van der Waals surface area contributed by atoms with Crippen molar-refractivity contribution in [2.75, 3.05) is 14.2 Å². The highest BCUT2D eigenvalue weighted by molar-refractivity contribution is 6.29. The van der Waals surface area contributed by atoms with Crippen LogP contribution in [0.1, 0.15) is 11.4 Å². The van der Waals surface area contributed by atoms with E-state index in [-0.39, 0.29) is 0 Å². The topological polar surface area (TPSA) is 62.1 Å². The molecule has 0 aromatic carbocycles. The first-order valence-corrected chi connectivity index (χ1v) is 6.05. The van der Waals surface area contributed by atoms with Crippen LogP contribution < -0.4 is 4.74 Å². The fraction of sp³-hybridized carbons (Fsp3) is 0.417. The maximum Gasteiger partial charge on any atom is 0.222 e. The van der Waals surface area contributed by atoms with Crippen LogP contribution in [0.15, 0.2) is 6.07 Å². The van der Waals surface area contributed by atoms with E-state index in [1.807, 2.05) is 6.92 Å². The molecule has 19 heavy (non-hydrogen) atoms. The number of hydrogen-bond donors (Lipinski definition) is 0. The van der Waals surface area contributed by atoms with Crippen LogP contribution in [0, 0.1) is 6.92 Å². The third-order valence-corrected chi connectivity index (χ3v) is 2.82. The summed E-state index contributed by atoms with van der Waals surface area (Å²) in [7, 11) is 4.99. The quantitative estimate of drug-likeness (QED) is 0.803. The molecule has 102 valence electrons. The van der Waals surface area contributed by atoms with Crippen molar-refractivity contribution in [1.29, 1.82) is 0 Å². The Labute approximate surface area is 116 Å². The molecule has 0 radical (unpaired) electrons. The van der Waals surface area contributed by atoms with E-state index in [1.54, 1.807) is 32.0 Å². The van der Waals surface area contributed by atoms with E-state index in [0.717, 1.165) is 11.3 Å². The fourth-order valence-corrected chi connectivity index (χ4v) is 2.13. The van der Waals surface area contributed by atoms with Gasteiger partial charge in [-0.1, -0.05) is 11.6 Å². The molecule has 0 fully saturated rings. The Kier molecular flexibility index (Phi) is 4.01. The Morgan fingerprint density at radius 2 is 2.05 bits per heavy atom. The summed E-state index contributed by atoms with van der Waals surface area (Å²) in [5, 5.41) is 4.66. The predicted molar refractivity (Wildman–Crippen MR) is 71.2 cm³/mol. The zero-order chi connectivity index (χ0) is 14.0. The Morgan fingerprint density at radius 1 is 1.32 bits per heavy atom. The smallest absolute Gasteiger partial charge is 0.222 e. The van der Waals surface area contributed by atoms with E-state index in [9.17, 15) is 0 Å². The number of hydrogen-bond acceptors (Lipinski definition) is 5. The average Bonchev–Trinajstić information content (AvgIpc) is 2.63. The second-order valence-electron chi connectivity index (χ2n) is 4.03. The molecule has 2 aromatic heterocycles. The Bertz CT molecular complexity index is 598. The van der Waals surface area contributed by atoms with Gasteiger partial charge in [-0.2, -0.15) is 5.10 Å². The molecule has 2 heterocycles. The molecule has 6 nitrogen and oxygen atoms in total. The van der Waals surface area contributed by atoms with Gasteiger partial charge in [0.1, 0.15) is 10.7 Å². The minimum absolute atomic E-state index is 0.363. The third-order valence-electron chi connectivity index (χ3n) is 2.63. The van der Waals surface area contributed by atoms with Gasteiger partial charge in [0, 0.05) is 14.2 Å². The minimum Gasteiger partial charge on any atom is -0.481 e. The van der Waals surface area contributed by atoms with Gasteiger partial charge in [-0.3, -0.25) is 0 Å². The van der Waals surface area contributed by atoms with Crippen molar-refractivity contribution in [1.82, 2.24) is 19.7 Å². The van der Waals surface area contributed by atoms with Crippen LogP contribution in [0.4, 0.5) is 0 Å². The second-order valence-corrected chi connectivity index (χ2v) is 4.42. The largest absolute Gasteiger partial charge is 0.481 e. The molecule has 0 aliphatic carbocycles. The summed E-state index contributed by atoms with van der Waals surface area (Å²) >= 11 is 6.02. The van der Waals surface area contributed by atoms with Crippen LogP contribution in [-0.2, 0) is 18.4 Å². The van der Waals surface area contributed by atoms with Crippen molar-refractivity contribution in [2.45, 2.75) is 13.5 Å². The van der Waals surface area contributed by atoms with Crippen molar-refractivity contribution in [3.05, 3.63) is 22.6 Å². The van der Waals surface area contributed by atoms with Gasteiger partial charge in [0.05, 0.1) is 25.1 Å². The van der Waals surface area contributed by atoms with Gasteiger partial charge in [-0.25, -0.2) is 14.6 Å². The number of aromatic nitrogens is 4. The molecule has 0 amide bonds. The van der Waals surface area contributed by atoms with Gasteiger partial charge >= 0.3 is 0 Å². The Morgan fingerprint density at radius 3 is 2.68 bits per heavy atom. The molecule has 0 aliphatic heterocycles. The van der Waals surface area contributed by atoms with Crippen molar-refractivity contribution in [3.8, 4) is 17.3 Å². The van der Waals surface area contributed by atoms with Gasteiger partial charge in [0.2, 0.25) is 5.88 Å². The Hall–Kier alpha value is -1.66. The molecule has 0 saturated carbocycles. The summed E-state index contributed by atoms with van der Waals surface area (Å²) in [4.78, 5) is 8.66. The zero-order valence-electron chi connectivity index (χ0n) is 11.3. The first-order valence-electron chi connectivity index (χ1n) is 5.67. The van der Waals surface area contributed by atoms with E-state index in [4.69, 9.17) is 21.1 Å². The van der Waals surface area contributed by atoms with Gasteiger partial charge < -0.3 is 9.47 Å². The standard InChI is InChI=1S/C12H15ClN4O2/c1-7-10(12(19-4)17(2)16-7)11-14-8(6-18-3)5-9(13)15-11/h5H,6H2,1-4H3. The van der Waals surface area contributed by atoms with Crippen LogP contribution in [0.25, 0.3) is 11.4 Å². The molecule has 0 unspecified atom stereocenters. The number of nitrogens with zero attached hydrogens (tertiary/aromatic N) is 4. The number of methoxy groups -OCH3 is 2. The SMILES string of the molecule is COCc1cc(Cl)nc(-c2c(C)nn(C)c2OC)n1. The van der Waals surface area contributed by atoms with E-state index in [2.05, 4.69) is 15.1 Å². The van der Waals surface area contributed by atoms with E-state index < -0.39 is 0 Å². The van der Waals surface area contributed by atoms with Crippen LogP contribution in [0.5, 0.6) is 5.88 Å². The normalized spacial score (nSPS) is 10.8. The lowest BCUT2D eigenvalue weighted by Crippen LogP contribution is -2.00. The molecule has 2 aromatic rings. The summed E-state index contributed by atoms with van der Waals surface area (Å²) < 4.78 is 12.0. The molecule has 0 N–H and O–H groups in total. The summed E-state index contributed by atoms with van der Waals surface area (Å²) in [6.45, 7) is 2.25. The van der Waals surface area contributed by atoms with Crippen LogP contribution in [0.3, 0.4) is 0 Å². The highest BCUT2D eigenvalue weighted by Gasteiger charge is 2.19. The molecular formula is C12H15ClN4O2. The highest BCUT2D eigenvalue weighted by atomic mass is 35.5. The summed E-state index contributed by atoms with van der Waals surface area (Å²) in [6.07, 6.45) is 0. The second kappa shape index (κ2) is 5.54. The Balaban J connectivity index is 2.58. The van der Waals surface area contributed by atoms with Crippen molar-refractivity contribution in [2.24, 2.45) is 7.05 Å². The number of aryl methyl sites for hydroxylation is 2. The highest BCUT2D eigenvalue weighted by Crippen LogP contribution is 2.31. The molecule has 2 rings (SSSR count). The number of ether oxygens (including phenoxy) is 2. The third kappa shape index (κ3) is 2.69. The lowest BCUT2D eigenvalue weighted by Gasteiger charge is -2.06. The first-order chi connectivity index (χ1) is 9.06. The van der Waals surface area contributed by atoms with Gasteiger partial charge in [0.25, 0.3) is 0 Å². The number of halogens is 1. The lowest BCUT2D eigenvalue weighted by atomic mass is 10.2. The maximum absolute atomic E-state index is 6.02. The number of rotatable bonds is 4. The van der Waals surface area contributed by atoms with Gasteiger partial charge in [-0.05, 0) is 13.0 Å². The van der Waals surface area contributed by atoms with Gasteiger partial charge in [0.15, 0.2) is 5.82 Å². The molecule has 0 saturated heterocycles. The van der Waals surface area contributed by atoms with Crippen molar-refractivity contribution >= 4 is 11.6 Å². The van der Waals surface area contributed by atoms with Crippen molar-refractivity contribution < 1.29 is 9.47 Å². The molecule has 7 heteroatoms. The average molecular weight is 283 g/mol. The monoisotopic (exact) mass is 282 g/mol. The van der Waals surface area contributed by atoms with E-state index >= 15 is 0 Å². The fourth-order valence-electron chi connectivity index (χ4n) is 1.93. The van der Waals surface area contributed by atoms with Crippen molar-refractivity contribution in [3.63, 3.8) is 0 Å². The molecule has 0 spiro atoms. The molecule has 0 bridgehead atoms. The lowest BCUT2D eigenvalue weighted by molar-refractivity contribution is 0.181. The summed E-state index contributed by atoms with van der Waals surface area (Å²) in [5.74, 6) is 1.09. The van der Waals surface area contributed by atoms with Crippen LogP contribution in [-0.4, -0.2) is 34.0 Å². The molecule has 0 aliphatic rings. The summed E-state index contributed by atoms with van der Waals surface area (Å²) in [5.41, 5.74) is 2.23. The van der Waals surface area contributed by atoms with Crippen LogP contribution >= 0.6 is 11.6 Å². The molecular weight excluding hydrogens is 268 g/mol. The van der Waals surface area contributed by atoms with Crippen LogP contribution in [0.2, 0.25) is 5.15 Å². The zero-order valence-corrected chi connectivity index (χ0v) is 12.0.